The van der Waals surface area contributed by atoms with E-state index in [4.69, 9.17) is 15.2 Å². The summed E-state index contributed by atoms with van der Waals surface area (Å²) >= 11 is 0. The second-order valence-corrected chi connectivity index (χ2v) is 2.31. The van der Waals surface area contributed by atoms with Gasteiger partial charge in [-0.3, -0.25) is 5.73 Å². The highest BCUT2D eigenvalue weighted by Crippen LogP contribution is 2.10. The van der Waals surface area contributed by atoms with Gasteiger partial charge in [0.1, 0.15) is 0 Å². The fourth-order valence-electron chi connectivity index (χ4n) is 0.794. The molecule has 0 saturated carbocycles. The molecule has 0 atom stereocenters. The molecule has 0 amide bonds. The van der Waals surface area contributed by atoms with Gasteiger partial charge in [0.15, 0.2) is 0 Å². The highest BCUT2D eigenvalue weighted by molar-refractivity contribution is 4.57. The van der Waals surface area contributed by atoms with Gasteiger partial charge in [0, 0.05) is 5.92 Å². The third-order valence-electron chi connectivity index (χ3n) is 1.57. The maximum absolute atomic E-state index is 5.31. The minimum atomic E-state index is -0.479. The Morgan fingerprint density at radius 2 is 2.00 bits per heavy atom. The average Bonchev–Trinajstić information content (AvgIpc) is 1.90. The molecular weight excluding hydrogens is 118 g/mol. The van der Waals surface area contributed by atoms with Gasteiger partial charge >= 0.3 is 0 Å². The van der Waals surface area contributed by atoms with E-state index in [1.54, 1.807) is 0 Å². The van der Waals surface area contributed by atoms with Crippen molar-refractivity contribution in [2.24, 2.45) is 11.7 Å². The Labute approximate surface area is 55.1 Å². The summed E-state index contributed by atoms with van der Waals surface area (Å²) in [5.41, 5.74) is 5.31. The molecule has 0 radical (unpaired) electrons. The van der Waals surface area contributed by atoms with E-state index in [9.17, 15) is 0 Å². The first-order valence-electron chi connectivity index (χ1n) is 3.31. The molecule has 0 bridgehead atoms. The van der Waals surface area contributed by atoms with Crippen molar-refractivity contribution in [2.45, 2.75) is 19.8 Å². The third-order valence-corrected chi connectivity index (χ3v) is 1.57. The summed E-state index contributed by atoms with van der Waals surface area (Å²) in [7, 11) is 0. The van der Waals surface area contributed by atoms with Crippen LogP contribution in [-0.4, -0.2) is 19.6 Å². The molecule has 3 nitrogen and oxygen atoms in total. The molecule has 0 aliphatic carbocycles. The van der Waals surface area contributed by atoms with E-state index in [1.165, 1.54) is 0 Å². The Balaban J connectivity index is 2.18. The topological polar surface area (TPSA) is 44.5 Å². The van der Waals surface area contributed by atoms with Crippen LogP contribution in [0.25, 0.3) is 0 Å². The van der Waals surface area contributed by atoms with Gasteiger partial charge in [-0.15, -0.1) is 0 Å². The first-order valence-corrected chi connectivity index (χ1v) is 3.31. The smallest absolute Gasteiger partial charge is 0.213 e. The van der Waals surface area contributed by atoms with E-state index in [-0.39, 0.29) is 0 Å². The number of hydrogen-bond acceptors (Lipinski definition) is 3. The zero-order valence-electron chi connectivity index (χ0n) is 5.67. The Morgan fingerprint density at radius 3 is 2.44 bits per heavy atom. The maximum atomic E-state index is 5.31. The van der Waals surface area contributed by atoms with Gasteiger partial charge in [-0.1, -0.05) is 6.92 Å². The monoisotopic (exact) mass is 131 g/mol. The van der Waals surface area contributed by atoms with Crippen molar-refractivity contribution < 1.29 is 9.47 Å². The fourth-order valence-corrected chi connectivity index (χ4v) is 0.794. The van der Waals surface area contributed by atoms with Crippen molar-refractivity contribution in [3.63, 3.8) is 0 Å². The molecule has 1 heterocycles. The predicted octanol–water partition coefficient (Wildman–Crippen LogP) is 0.302. The van der Waals surface area contributed by atoms with Crippen LogP contribution in [0, 0.1) is 5.92 Å². The van der Waals surface area contributed by atoms with E-state index in [2.05, 4.69) is 6.92 Å². The molecule has 9 heavy (non-hydrogen) atoms. The van der Waals surface area contributed by atoms with Gasteiger partial charge in [-0.25, -0.2) is 0 Å². The van der Waals surface area contributed by atoms with E-state index in [0.29, 0.717) is 5.92 Å². The number of ether oxygens (including phenoxy) is 2. The van der Waals surface area contributed by atoms with Gasteiger partial charge < -0.3 is 9.47 Å². The van der Waals surface area contributed by atoms with Gasteiger partial charge in [-0.2, -0.15) is 0 Å². The summed E-state index contributed by atoms with van der Waals surface area (Å²) in [5, 5.41) is 0. The zero-order chi connectivity index (χ0) is 6.69. The summed E-state index contributed by atoms with van der Waals surface area (Å²) in [6, 6.07) is 0. The highest BCUT2D eigenvalue weighted by Gasteiger charge is 2.16. The van der Waals surface area contributed by atoms with Gasteiger partial charge in [-0.05, 0) is 6.42 Å². The molecule has 0 unspecified atom stereocenters. The molecule has 1 fully saturated rings. The molecule has 2 N–H and O–H groups in total. The second kappa shape index (κ2) is 3.15. The van der Waals surface area contributed by atoms with Crippen LogP contribution in [0.3, 0.4) is 0 Å². The molecule has 1 aliphatic heterocycles. The Bertz CT molecular complexity index is 79.1. The lowest BCUT2D eigenvalue weighted by Gasteiger charge is -2.25. The molecule has 0 spiro atoms. The minimum Gasteiger partial charge on any atom is -0.340 e. The van der Waals surface area contributed by atoms with Crippen molar-refractivity contribution in [2.75, 3.05) is 13.2 Å². The van der Waals surface area contributed by atoms with E-state index in [0.717, 1.165) is 19.6 Å². The van der Waals surface area contributed by atoms with Crippen molar-refractivity contribution >= 4 is 0 Å². The van der Waals surface area contributed by atoms with Crippen LogP contribution < -0.4 is 5.73 Å². The molecular formula is C6H13NO2. The van der Waals surface area contributed by atoms with Gasteiger partial charge in [0.25, 0.3) is 0 Å². The van der Waals surface area contributed by atoms with Crippen LogP contribution in [-0.2, 0) is 9.47 Å². The summed E-state index contributed by atoms with van der Waals surface area (Å²) in [5.74, 6) is 0.546. The van der Waals surface area contributed by atoms with Crippen molar-refractivity contribution in [1.29, 1.82) is 0 Å². The normalized spacial score (nSPS) is 36.7. The largest absolute Gasteiger partial charge is 0.340 e. The molecule has 1 rings (SSSR count). The molecule has 0 aromatic rings. The van der Waals surface area contributed by atoms with Crippen molar-refractivity contribution in [1.82, 2.24) is 0 Å². The second-order valence-electron chi connectivity index (χ2n) is 2.31. The molecule has 1 saturated heterocycles. The Kier molecular flexibility index (Phi) is 2.45. The van der Waals surface area contributed by atoms with E-state index >= 15 is 0 Å². The Hall–Kier alpha value is -0.120. The van der Waals surface area contributed by atoms with Crippen LogP contribution in [0.2, 0.25) is 0 Å². The maximum Gasteiger partial charge on any atom is 0.213 e. The average molecular weight is 131 g/mol. The minimum absolute atomic E-state index is 0.479. The van der Waals surface area contributed by atoms with Crippen molar-refractivity contribution in [3.05, 3.63) is 0 Å². The summed E-state index contributed by atoms with van der Waals surface area (Å²) < 4.78 is 10.1. The molecule has 54 valence electrons. The van der Waals surface area contributed by atoms with E-state index in [1.807, 2.05) is 0 Å². The standard InChI is InChI=1S/C6H13NO2/c1-2-5-3-8-6(7)9-4-5/h5-6H,2-4,7H2,1H3. The molecule has 0 aromatic carbocycles. The first kappa shape index (κ1) is 6.99. The quantitative estimate of drug-likeness (QED) is 0.556. The summed E-state index contributed by atoms with van der Waals surface area (Å²) in [6.07, 6.45) is 0.625. The predicted molar refractivity (Wildman–Crippen MR) is 33.7 cm³/mol. The summed E-state index contributed by atoms with van der Waals surface area (Å²) in [4.78, 5) is 0. The lowest BCUT2D eigenvalue weighted by molar-refractivity contribution is -0.196. The molecule has 3 heteroatoms. The third kappa shape index (κ3) is 1.93. The lowest BCUT2D eigenvalue weighted by atomic mass is 10.1. The number of nitrogens with two attached hydrogens (primary N) is 1. The van der Waals surface area contributed by atoms with Crippen LogP contribution in [0.15, 0.2) is 0 Å². The Morgan fingerprint density at radius 1 is 1.44 bits per heavy atom. The highest BCUT2D eigenvalue weighted by atomic mass is 16.7. The zero-order valence-corrected chi connectivity index (χ0v) is 5.67. The lowest BCUT2D eigenvalue weighted by Crippen LogP contribution is -2.37. The number of hydrogen-bond donors (Lipinski definition) is 1. The van der Waals surface area contributed by atoms with E-state index < -0.39 is 6.41 Å². The molecule has 1 aliphatic rings. The van der Waals surface area contributed by atoms with Gasteiger partial charge in [0.05, 0.1) is 13.2 Å². The van der Waals surface area contributed by atoms with Gasteiger partial charge in [0.2, 0.25) is 6.41 Å². The summed E-state index contributed by atoms with van der Waals surface area (Å²) in [6.45, 7) is 3.61. The van der Waals surface area contributed by atoms with Crippen molar-refractivity contribution in [3.8, 4) is 0 Å². The first-order chi connectivity index (χ1) is 4.33. The SMILES string of the molecule is CCC1COC(N)OC1. The molecule has 0 aromatic heterocycles. The van der Waals surface area contributed by atoms with Crippen LogP contribution in [0.5, 0.6) is 0 Å². The fraction of sp³-hybridized carbons (Fsp3) is 1.00. The van der Waals surface area contributed by atoms with Crippen LogP contribution in [0.4, 0.5) is 0 Å². The number of rotatable bonds is 1. The van der Waals surface area contributed by atoms with Crippen LogP contribution >= 0.6 is 0 Å². The van der Waals surface area contributed by atoms with Crippen LogP contribution in [0.1, 0.15) is 13.3 Å².